The van der Waals surface area contributed by atoms with Gasteiger partial charge >= 0.3 is 5.97 Å². The zero-order valence-electron chi connectivity index (χ0n) is 18.3. The van der Waals surface area contributed by atoms with Crippen LogP contribution in [0, 0.1) is 17.1 Å². The highest BCUT2D eigenvalue weighted by Crippen LogP contribution is 2.23. The lowest BCUT2D eigenvalue weighted by molar-refractivity contribution is -0.137. The molecule has 8 heteroatoms. The fourth-order valence-electron chi connectivity index (χ4n) is 2.97. The smallest absolute Gasteiger partial charge is 0.305 e. The first-order valence-electron chi connectivity index (χ1n) is 10.5. The molecule has 0 aliphatic carbocycles. The topological polar surface area (TPSA) is 101 Å². The summed E-state index contributed by atoms with van der Waals surface area (Å²) in [6.07, 6.45) is 1.26. The summed E-state index contributed by atoms with van der Waals surface area (Å²) < 4.78 is 24.2. The molecular formula is C26H23FN2O5. The molecule has 3 rings (SSSR count). The number of ether oxygens (including phenoxy) is 2. The normalized spacial score (nSPS) is 11.5. The van der Waals surface area contributed by atoms with E-state index in [9.17, 15) is 9.18 Å². The van der Waals surface area contributed by atoms with Gasteiger partial charge in [-0.25, -0.2) is 4.39 Å². The number of aliphatic carboxylic acids is 1. The number of carboxylic acids is 1. The highest BCUT2D eigenvalue weighted by atomic mass is 19.1. The van der Waals surface area contributed by atoms with Gasteiger partial charge in [0.25, 0.3) is 0 Å². The predicted octanol–water partition coefficient (Wildman–Crippen LogP) is 5.07. The molecule has 1 N–H and O–H groups in total. The van der Waals surface area contributed by atoms with Crippen molar-refractivity contribution in [2.24, 2.45) is 5.16 Å². The summed E-state index contributed by atoms with van der Waals surface area (Å²) in [7, 11) is 0. The van der Waals surface area contributed by atoms with Gasteiger partial charge in [-0.05, 0) is 53.1 Å². The van der Waals surface area contributed by atoms with Gasteiger partial charge in [-0.3, -0.25) is 4.79 Å². The maximum Gasteiger partial charge on any atom is 0.305 e. The molecule has 7 nitrogen and oxygen atoms in total. The summed E-state index contributed by atoms with van der Waals surface area (Å²) in [4.78, 5) is 16.0. The molecule has 0 fully saturated rings. The lowest BCUT2D eigenvalue weighted by Crippen LogP contribution is -2.04. The Hall–Kier alpha value is -4.38. The molecule has 3 aromatic rings. The van der Waals surface area contributed by atoms with Gasteiger partial charge in [0.05, 0.1) is 24.6 Å². The maximum atomic E-state index is 12.8. The number of hydrogen-bond acceptors (Lipinski definition) is 6. The summed E-state index contributed by atoms with van der Waals surface area (Å²) in [5.41, 5.74) is 2.40. The van der Waals surface area contributed by atoms with E-state index in [4.69, 9.17) is 24.7 Å². The minimum absolute atomic E-state index is 0.233. The van der Waals surface area contributed by atoms with E-state index in [1.165, 1.54) is 18.3 Å². The molecule has 0 amide bonds. The SMILES string of the molecule is N#CC(CC(=O)O)c1ccc(OCc2ccc(OC/C=N/OCc3ccc(F)cc3)cc2)cc1. The van der Waals surface area contributed by atoms with Crippen LogP contribution in [0.4, 0.5) is 4.39 Å². The van der Waals surface area contributed by atoms with Crippen molar-refractivity contribution >= 4 is 12.2 Å². The van der Waals surface area contributed by atoms with Crippen molar-refractivity contribution in [1.82, 2.24) is 0 Å². The van der Waals surface area contributed by atoms with Gasteiger partial charge in [0.1, 0.15) is 37.1 Å². The van der Waals surface area contributed by atoms with Crippen LogP contribution in [0.15, 0.2) is 78.0 Å². The van der Waals surface area contributed by atoms with Crippen LogP contribution in [0.2, 0.25) is 0 Å². The monoisotopic (exact) mass is 462 g/mol. The molecule has 0 aliphatic heterocycles. The van der Waals surface area contributed by atoms with E-state index in [1.807, 2.05) is 30.3 Å². The molecule has 0 saturated heterocycles. The van der Waals surface area contributed by atoms with Crippen LogP contribution < -0.4 is 9.47 Å². The highest BCUT2D eigenvalue weighted by Gasteiger charge is 2.14. The van der Waals surface area contributed by atoms with E-state index in [0.717, 1.165) is 11.1 Å². The number of halogens is 1. The molecule has 1 atom stereocenters. The standard InChI is InChI=1S/C26H23FN2O5/c27-23-7-1-20(2-8-23)18-34-29-13-14-32-24-9-3-19(4-10-24)17-33-25-11-5-21(6-12-25)22(16-28)15-26(30)31/h1-13,22H,14-15,17-18H2,(H,30,31)/b29-13+. The second kappa shape index (κ2) is 12.6. The van der Waals surface area contributed by atoms with Crippen LogP contribution in [-0.2, 0) is 22.8 Å². The number of nitrogens with zero attached hydrogens (tertiary/aromatic N) is 2. The van der Waals surface area contributed by atoms with Gasteiger partial charge in [0.2, 0.25) is 0 Å². The van der Waals surface area contributed by atoms with Crippen LogP contribution in [0.5, 0.6) is 11.5 Å². The van der Waals surface area contributed by atoms with E-state index >= 15 is 0 Å². The number of benzene rings is 3. The molecule has 34 heavy (non-hydrogen) atoms. The van der Waals surface area contributed by atoms with E-state index < -0.39 is 11.9 Å². The van der Waals surface area contributed by atoms with Gasteiger partial charge in [0.15, 0.2) is 0 Å². The van der Waals surface area contributed by atoms with Crippen molar-refractivity contribution in [3.63, 3.8) is 0 Å². The Bertz CT molecular complexity index is 1120. The Labute approximate surface area is 196 Å². The fourth-order valence-corrected chi connectivity index (χ4v) is 2.97. The number of oxime groups is 1. The molecule has 0 saturated carbocycles. The predicted molar refractivity (Wildman–Crippen MR) is 123 cm³/mol. The van der Waals surface area contributed by atoms with E-state index in [0.29, 0.717) is 23.7 Å². The van der Waals surface area contributed by atoms with Crippen molar-refractivity contribution in [2.75, 3.05) is 6.61 Å². The lowest BCUT2D eigenvalue weighted by atomic mass is 9.97. The van der Waals surface area contributed by atoms with Crippen LogP contribution in [0.25, 0.3) is 0 Å². The van der Waals surface area contributed by atoms with Crippen LogP contribution in [0.3, 0.4) is 0 Å². The van der Waals surface area contributed by atoms with Gasteiger partial charge in [0, 0.05) is 0 Å². The average Bonchev–Trinajstić information content (AvgIpc) is 2.85. The second-order valence-electron chi connectivity index (χ2n) is 7.28. The molecule has 0 radical (unpaired) electrons. The van der Waals surface area contributed by atoms with Crippen molar-refractivity contribution in [3.05, 3.63) is 95.3 Å². The molecule has 0 aromatic heterocycles. The molecule has 0 bridgehead atoms. The number of nitriles is 1. The fraction of sp³-hybridized carbons (Fsp3) is 0.192. The van der Waals surface area contributed by atoms with Gasteiger partial charge < -0.3 is 19.4 Å². The maximum absolute atomic E-state index is 12.8. The minimum atomic E-state index is -1.01. The number of rotatable bonds is 12. The minimum Gasteiger partial charge on any atom is -0.489 e. The van der Waals surface area contributed by atoms with Gasteiger partial charge in [-0.2, -0.15) is 5.26 Å². The first kappa shape index (κ1) is 24.3. The Balaban J connectivity index is 1.38. The van der Waals surface area contributed by atoms with Crippen LogP contribution in [-0.4, -0.2) is 23.9 Å². The molecule has 1 unspecified atom stereocenters. The molecule has 0 aliphatic rings. The van der Waals surface area contributed by atoms with Gasteiger partial charge in [-0.1, -0.05) is 41.6 Å². The third-order valence-corrected chi connectivity index (χ3v) is 4.76. The Morgan fingerprint density at radius 3 is 2.18 bits per heavy atom. The Morgan fingerprint density at radius 1 is 0.941 bits per heavy atom. The second-order valence-corrected chi connectivity index (χ2v) is 7.28. The molecule has 0 heterocycles. The molecule has 174 valence electrons. The first-order valence-corrected chi connectivity index (χ1v) is 10.5. The third-order valence-electron chi connectivity index (χ3n) is 4.76. The summed E-state index contributed by atoms with van der Waals surface area (Å²) in [5, 5.41) is 21.8. The summed E-state index contributed by atoms with van der Waals surface area (Å²) in [6, 6.07) is 22.2. The zero-order chi connectivity index (χ0) is 24.2. The number of hydrogen-bond donors (Lipinski definition) is 1. The Morgan fingerprint density at radius 2 is 1.53 bits per heavy atom. The summed E-state index contributed by atoms with van der Waals surface area (Å²) in [5.74, 6) is -0.712. The van der Waals surface area contributed by atoms with Crippen molar-refractivity contribution in [2.45, 2.75) is 25.6 Å². The number of carboxylic acid groups (broad SMARTS) is 1. The van der Waals surface area contributed by atoms with Crippen molar-refractivity contribution in [3.8, 4) is 17.6 Å². The molecular weight excluding hydrogens is 439 g/mol. The highest BCUT2D eigenvalue weighted by molar-refractivity contribution is 5.68. The summed E-state index contributed by atoms with van der Waals surface area (Å²) >= 11 is 0. The van der Waals surface area contributed by atoms with Crippen LogP contribution >= 0.6 is 0 Å². The first-order chi connectivity index (χ1) is 16.5. The van der Waals surface area contributed by atoms with E-state index in [2.05, 4.69) is 5.16 Å². The Kier molecular flexibility index (Phi) is 9.00. The van der Waals surface area contributed by atoms with Crippen molar-refractivity contribution < 1.29 is 28.6 Å². The number of carbonyl (C=O) groups is 1. The zero-order valence-corrected chi connectivity index (χ0v) is 18.3. The van der Waals surface area contributed by atoms with E-state index in [1.54, 1.807) is 36.4 Å². The average molecular weight is 462 g/mol. The largest absolute Gasteiger partial charge is 0.489 e. The van der Waals surface area contributed by atoms with Crippen molar-refractivity contribution in [1.29, 1.82) is 5.26 Å². The van der Waals surface area contributed by atoms with E-state index in [-0.39, 0.29) is 25.5 Å². The third kappa shape index (κ3) is 7.95. The van der Waals surface area contributed by atoms with Gasteiger partial charge in [-0.15, -0.1) is 0 Å². The molecule has 0 spiro atoms. The molecule has 3 aromatic carbocycles. The summed E-state index contributed by atoms with van der Waals surface area (Å²) in [6.45, 7) is 0.821. The quantitative estimate of drug-likeness (QED) is 0.298. The lowest BCUT2D eigenvalue weighted by Gasteiger charge is -2.10. The van der Waals surface area contributed by atoms with Crippen LogP contribution in [0.1, 0.15) is 29.0 Å².